The molecule has 0 aromatic heterocycles. The molecule has 0 aromatic carbocycles. The average molecular weight is 1030 g/mol. The van der Waals surface area contributed by atoms with Crippen molar-refractivity contribution in [2.75, 3.05) is 52.7 Å². The van der Waals surface area contributed by atoms with Gasteiger partial charge >= 0.3 is 30.0 Å². The molecule has 14 nitrogen and oxygen atoms in total. The Kier molecular flexibility index (Phi) is 50.7. The highest BCUT2D eigenvalue weighted by atomic mass is 16.7. The van der Waals surface area contributed by atoms with E-state index < -0.39 is 24.2 Å². The molecule has 0 aliphatic carbocycles. The summed E-state index contributed by atoms with van der Waals surface area (Å²) in [5.74, 6) is -1.52. The number of carbonyl (C=O) groups excluding carboxylic acids is 5. The first-order chi connectivity index (χ1) is 35.1. The number of esters is 4. The predicted molar refractivity (Wildman–Crippen MR) is 287 cm³/mol. The highest BCUT2D eigenvalue weighted by Gasteiger charge is 2.27. The van der Waals surface area contributed by atoms with Gasteiger partial charge in [-0.2, -0.15) is 0 Å². The molecule has 0 amide bonds. The first-order valence-electron chi connectivity index (χ1n) is 29.6. The zero-order valence-corrected chi connectivity index (χ0v) is 46.6. The third kappa shape index (κ3) is 45.6. The Labute approximate surface area is 438 Å². The van der Waals surface area contributed by atoms with Crippen LogP contribution in [0, 0.1) is 0 Å². The van der Waals surface area contributed by atoms with E-state index in [1.807, 2.05) is 0 Å². The fourth-order valence-corrected chi connectivity index (χ4v) is 8.74. The SMILES string of the molecule is CCCCCCCCC(CCCCCC)OC(=O)CCCCCCCOC(=O)CCC(OC(=O)OCCN(CCO)CCO)C(=O)OCCCCCCCC(=O)OC(CCCCCC)CCCCCCCC. The van der Waals surface area contributed by atoms with Crippen LogP contribution in [-0.4, -0.2) is 116 Å². The molecule has 0 saturated carbocycles. The summed E-state index contributed by atoms with van der Waals surface area (Å²) < 4.78 is 33.3. The minimum absolute atomic E-state index is 0.00853. The van der Waals surface area contributed by atoms with Gasteiger partial charge < -0.3 is 38.6 Å². The van der Waals surface area contributed by atoms with Gasteiger partial charge in [0, 0.05) is 45.3 Å². The van der Waals surface area contributed by atoms with Crippen LogP contribution in [0.2, 0.25) is 0 Å². The molecule has 3 atom stereocenters. The molecule has 0 aromatic rings. The van der Waals surface area contributed by atoms with Crippen LogP contribution in [0.3, 0.4) is 0 Å². The largest absolute Gasteiger partial charge is 0.509 e. The summed E-state index contributed by atoms with van der Waals surface area (Å²) >= 11 is 0. The van der Waals surface area contributed by atoms with E-state index in [-0.39, 0.29) is 89.7 Å². The summed E-state index contributed by atoms with van der Waals surface area (Å²) in [6, 6.07) is 0. The van der Waals surface area contributed by atoms with Crippen molar-refractivity contribution in [1.82, 2.24) is 4.90 Å². The van der Waals surface area contributed by atoms with Crippen LogP contribution in [0.25, 0.3) is 0 Å². The van der Waals surface area contributed by atoms with E-state index >= 15 is 0 Å². The fraction of sp³-hybridized carbons (Fsp3) is 0.914. The van der Waals surface area contributed by atoms with Crippen LogP contribution < -0.4 is 0 Å². The molecule has 0 spiro atoms. The molecule has 3 unspecified atom stereocenters. The molecule has 0 heterocycles. The smallest absolute Gasteiger partial charge is 0.466 e. The number of hydrogen-bond acceptors (Lipinski definition) is 14. The van der Waals surface area contributed by atoms with Crippen molar-refractivity contribution >= 4 is 30.0 Å². The molecule has 0 bridgehead atoms. The maximum atomic E-state index is 13.1. The van der Waals surface area contributed by atoms with Crippen molar-refractivity contribution < 1.29 is 62.6 Å². The number of carbonyl (C=O) groups is 5. The van der Waals surface area contributed by atoms with E-state index in [2.05, 4.69) is 27.7 Å². The van der Waals surface area contributed by atoms with Crippen molar-refractivity contribution in [1.29, 1.82) is 0 Å². The standard InChI is InChI=1S/C58H109NO13/c1-5-9-13-17-21-29-37-51(35-27-15-11-7-3)70-55(63)39-31-23-19-25-33-48-67-54(62)42-41-53(72-58(66)69-50-45-59(43-46-60)44-47-61)57(65)68-49-34-26-20-24-32-40-56(64)71-52(36-28-16-12-8-4)38-30-22-18-14-10-6-2/h51-53,60-61H,5-50H2,1-4H3. The molecule has 72 heavy (non-hydrogen) atoms. The zero-order valence-electron chi connectivity index (χ0n) is 46.6. The summed E-state index contributed by atoms with van der Waals surface area (Å²) in [7, 11) is 0. The quantitative estimate of drug-likeness (QED) is 0.0333. The third-order valence-corrected chi connectivity index (χ3v) is 13.2. The lowest BCUT2D eigenvalue weighted by Crippen LogP contribution is -2.34. The second-order valence-corrected chi connectivity index (χ2v) is 20.0. The molecular weight excluding hydrogens is 919 g/mol. The first kappa shape index (κ1) is 69.0. The van der Waals surface area contributed by atoms with Crippen LogP contribution in [0.5, 0.6) is 0 Å². The van der Waals surface area contributed by atoms with Gasteiger partial charge in [-0.1, -0.05) is 169 Å². The van der Waals surface area contributed by atoms with Gasteiger partial charge in [-0.15, -0.1) is 0 Å². The fourth-order valence-electron chi connectivity index (χ4n) is 8.74. The van der Waals surface area contributed by atoms with Crippen LogP contribution in [0.1, 0.15) is 272 Å². The van der Waals surface area contributed by atoms with Crippen molar-refractivity contribution in [2.45, 2.75) is 290 Å². The molecule has 0 radical (unpaired) electrons. The number of aliphatic hydroxyl groups is 2. The van der Waals surface area contributed by atoms with Gasteiger partial charge in [0.05, 0.1) is 26.4 Å². The zero-order chi connectivity index (χ0) is 53.0. The normalized spacial score (nSPS) is 12.6. The second kappa shape index (κ2) is 52.9. The minimum Gasteiger partial charge on any atom is -0.466 e. The molecule has 2 N–H and O–H groups in total. The topological polar surface area (TPSA) is 184 Å². The van der Waals surface area contributed by atoms with Crippen molar-refractivity contribution in [2.24, 2.45) is 0 Å². The minimum atomic E-state index is -1.38. The maximum Gasteiger partial charge on any atom is 0.509 e. The Morgan fingerprint density at radius 1 is 0.361 bits per heavy atom. The van der Waals surface area contributed by atoms with E-state index in [0.29, 0.717) is 25.7 Å². The summed E-state index contributed by atoms with van der Waals surface area (Å²) in [5, 5.41) is 18.5. The molecule has 14 heteroatoms. The molecule has 0 aliphatic rings. The Bertz CT molecular complexity index is 1260. The van der Waals surface area contributed by atoms with Gasteiger partial charge in [0.2, 0.25) is 6.10 Å². The number of aliphatic hydroxyl groups excluding tert-OH is 2. The van der Waals surface area contributed by atoms with Crippen LogP contribution >= 0.6 is 0 Å². The van der Waals surface area contributed by atoms with E-state index in [9.17, 15) is 34.2 Å². The predicted octanol–water partition coefficient (Wildman–Crippen LogP) is 13.6. The number of unbranched alkanes of at least 4 members (excludes halogenated alkanes) is 24. The summed E-state index contributed by atoms with van der Waals surface area (Å²) in [5.41, 5.74) is 0. The van der Waals surface area contributed by atoms with Gasteiger partial charge in [-0.3, -0.25) is 19.3 Å². The lowest BCUT2D eigenvalue weighted by molar-refractivity contribution is -0.157. The van der Waals surface area contributed by atoms with E-state index in [4.69, 9.17) is 28.4 Å². The summed E-state index contributed by atoms with van der Waals surface area (Å²) in [4.78, 5) is 65.6. The molecule has 0 aliphatic heterocycles. The number of ether oxygens (including phenoxy) is 6. The van der Waals surface area contributed by atoms with Crippen LogP contribution in [-0.2, 0) is 47.6 Å². The van der Waals surface area contributed by atoms with Gasteiger partial charge in [0.25, 0.3) is 0 Å². The van der Waals surface area contributed by atoms with E-state index in [1.54, 1.807) is 4.90 Å². The van der Waals surface area contributed by atoms with Crippen molar-refractivity contribution in [3.8, 4) is 0 Å². The Balaban J connectivity index is 4.78. The molecule has 0 fully saturated rings. The molecule has 0 saturated heterocycles. The lowest BCUT2D eigenvalue weighted by atomic mass is 10.0. The number of rotatable bonds is 54. The van der Waals surface area contributed by atoms with Gasteiger partial charge in [-0.05, 0) is 77.0 Å². The van der Waals surface area contributed by atoms with Gasteiger partial charge in [0.15, 0.2) is 0 Å². The van der Waals surface area contributed by atoms with E-state index in [1.165, 1.54) is 103 Å². The lowest BCUT2D eigenvalue weighted by Gasteiger charge is -2.20. The van der Waals surface area contributed by atoms with Crippen molar-refractivity contribution in [3.05, 3.63) is 0 Å². The van der Waals surface area contributed by atoms with Gasteiger partial charge in [0.1, 0.15) is 18.8 Å². The first-order valence-corrected chi connectivity index (χ1v) is 29.6. The number of hydrogen-bond donors (Lipinski definition) is 2. The maximum absolute atomic E-state index is 13.1. The van der Waals surface area contributed by atoms with Crippen LogP contribution in [0.15, 0.2) is 0 Å². The Morgan fingerprint density at radius 2 is 0.736 bits per heavy atom. The Morgan fingerprint density at radius 3 is 1.17 bits per heavy atom. The Hall–Kier alpha value is -2.97. The van der Waals surface area contributed by atoms with Gasteiger partial charge in [-0.25, -0.2) is 9.59 Å². The second-order valence-electron chi connectivity index (χ2n) is 20.0. The highest BCUT2D eigenvalue weighted by Crippen LogP contribution is 2.20. The summed E-state index contributed by atoms with van der Waals surface area (Å²) in [6.45, 7) is 9.65. The average Bonchev–Trinajstić information content (AvgIpc) is 3.36. The van der Waals surface area contributed by atoms with Crippen molar-refractivity contribution in [3.63, 3.8) is 0 Å². The highest BCUT2D eigenvalue weighted by molar-refractivity contribution is 5.78. The van der Waals surface area contributed by atoms with Crippen LogP contribution in [0.4, 0.5) is 4.79 Å². The molecule has 424 valence electrons. The monoisotopic (exact) mass is 1030 g/mol. The summed E-state index contributed by atoms with van der Waals surface area (Å²) in [6.07, 6.45) is 33.7. The molecule has 0 rings (SSSR count). The van der Waals surface area contributed by atoms with E-state index in [0.717, 1.165) is 103 Å². The third-order valence-electron chi connectivity index (χ3n) is 13.2. The molecular formula is C58H109NO13. The number of nitrogens with zero attached hydrogens (tertiary/aromatic N) is 1.